The molecule has 2 aromatic carbocycles. The predicted molar refractivity (Wildman–Crippen MR) is 135 cm³/mol. The minimum Gasteiger partial charge on any atom is -0.497 e. The third kappa shape index (κ3) is 4.42. The average Bonchev–Trinajstić information content (AvgIpc) is 3.31. The van der Waals surface area contributed by atoms with Gasteiger partial charge in [-0.1, -0.05) is 6.07 Å². The van der Waals surface area contributed by atoms with Crippen LogP contribution in [0, 0.1) is 13.8 Å². The van der Waals surface area contributed by atoms with Crippen molar-refractivity contribution >= 4 is 11.6 Å². The summed E-state index contributed by atoms with van der Waals surface area (Å²) in [4.78, 5) is 11.4. The van der Waals surface area contributed by atoms with E-state index in [0.29, 0.717) is 12.6 Å². The lowest BCUT2D eigenvalue weighted by Gasteiger charge is -2.41. The number of likely N-dealkylation sites (N-methyl/N-ethyl adjacent to an activating group) is 1. The normalized spacial score (nSPS) is 19.6. The first-order valence-corrected chi connectivity index (χ1v) is 11.5. The average molecular weight is 475 g/mol. The molecule has 0 bridgehead atoms. The third-order valence-corrected chi connectivity index (χ3v) is 6.42. The molecule has 1 saturated heterocycles. The highest BCUT2D eigenvalue weighted by molar-refractivity contribution is 5.95. The van der Waals surface area contributed by atoms with Gasteiger partial charge >= 0.3 is 0 Å². The summed E-state index contributed by atoms with van der Waals surface area (Å²) in [6.07, 6.45) is 5.35. The molecular weight excluding hydrogens is 444 g/mol. The van der Waals surface area contributed by atoms with Gasteiger partial charge in [-0.25, -0.2) is 9.98 Å². The second-order valence-corrected chi connectivity index (χ2v) is 8.69. The molecule has 2 aliphatic rings. The summed E-state index contributed by atoms with van der Waals surface area (Å²) in [6.45, 7) is 4.60. The molecule has 1 aromatic heterocycles. The van der Waals surface area contributed by atoms with Gasteiger partial charge in [-0.2, -0.15) is 0 Å². The zero-order chi connectivity index (χ0) is 24.5. The van der Waals surface area contributed by atoms with E-state index < -0.39 is 0 Å². The number of methoxy groups -OCH3 is 2. The molecule has 0 aliphatic carbocycles. The maximum atomic E-state index is 6.10. The van der Waals surface area contributed by atoms with Crippen molar-refractivity contribution in [3.63, 3.8) is 0 Å². The first kappa shape index (κ1) is 22.8. The number of morpholine rings is 1. The molecule has 3 heterocycles. The summed E-state index contributed by atoms with van der Waals surface area (Å²) in [7, 11) is 5.41. The molecule has 182 valence electrons. The van der Waals surface area contributed by atoms with Crippen LogP contribution >= 0.6 is 0 Å². The quantitative estimate of drug-likeness (QED) is 0.583. The van der Waals surface area contributed by atoms with Gasteiger partial charge in [-0.05, 0) is 56.3 Å². The molecule has 2 N–H and O–H groups in total. The number of benzene rings is 2. The molecule has 9 nitrogen and oxygen atoms in total. The van der Waals surface area contributed by atoms with Crippen LogP contribution in [0.4, 0.5) is 5.69 Å². The van der Waals surface area contributed by atoms with Gasteiger partial charge < -0.3 is 29.4 Å². The molecule has 0 amide bonds. The van der Waals surface area contributed by atoms with E-state index in [2.05, 4.69) is 46.6 Å². The molecule has 1 fully saturated rings. The standard InChI is InChI=1S/C26H30N6O3/c1-16-6-8-19(33-4)11-20(16)22-14-35-24-12-27-26(30-25(24)31(22)3)29-18-7-9-21(23(10-18)34-5)32-13-17(2)28-15-32/h6-13,15,22,25H,14H2,1-5H3,(H2,27,29,30). The molecule has 35 heavy (non-hydrogen) atoms. The van der Waals surface area contributed by atoms with E-state index in [4.69, 9.17) is 19.2 Å². The Bertz CT molecular complexity index is 1300. The third-order valence-electron chi connectivity index (χ3n) is 6.42. The van der Waals surface area contributed by atoms with Crippen LogP contribution in [0.3, 0.4) is 0 Å². The minimum atomic E-state index is -0.252. The van der Waals surface area contributed by atoms with Gasteiger partial charge in [0, 0.05) is 24.2 Å². The highest BCUT2D eigenvalue weighted by Crippen LogP contribution is 2.35. The Balaban J connectivity index is 1.37. The van der Waals surface area contributed by atoms with Gasteiger partial charge in [0.05, 0.1) is 38.0 Å². The second-order valence-electron chi connectivity index (χ2n) is 8.69. The molecule has 2 atom stereocenters. The lowest BCUT2D eigenvalue weighted by molar-refractivity contribution is 0.0151. The number of fused-ring (bicyclic) bond motifs is 1. The first-order valence-electron chi connectivity index (χ1n) is 11.5. The molecule has 0 spiro atoms. The minimum absolute atomic E-state index is 0.0494. The van der Waals surface area contributed by atoms with E-state index in [9.17, 15) is 0 Å². The van der Waals surface area contributed by atoms with Crippen LogP contribution in [0.5, 0.6) is 11.5 Å². The SMILES string of the molecule is COc1ccc(C)c(C2COC3=CNC(Nc4ccc(-n5cnc(C)c5)c(OC)c4)=NC3N2C)c1. The number of hydrogen-bond acceptors (Lipinski definition) is 8. The zero-order valence-corrected chi connectivity index (χ0v) is 20.6. The summed E-state index contributed by atoms with van der Waals surface area (Å²) in [5.74, 6) is 2.98. The topological polar surface area (TPSA) is 85.2 Å². The van der Waals surface area contributed by atoms with Crippen molar-refractivity contribution in [2.75, 3.05) is 33.2 Å². The number of aromatic nitrogens is 2. The van der Waals surface area contributed by atoms with Crippen LogP contribution in [0.15, 0.2) is 65.9 Å². The molecule has 0 saturated carbocycles. The van der Waals surface area contributed by atoms with Crippen molar-refractivity contribution in [2.24, 2.45) is 4.99 Å². The molecular formula is C26H30N6O3. The van der Waals surface area contributed by atoms with Crippen LogP contribution in [0.25, 0.3) is 5.69 Å². The van der Waals surface area contributed by atoms with Crippen molar-refractivity contribution < 1.29 is 14.2 Å². The maximum absolute atomic E-state index is 6.10. The summed E-state index contributed by atoms with van der Waals surface area (Å²) < 4.78 is 19.1. The van der Waals surface area contributed by atoms with Gasteiger partial charge in [-0.15, -0.1) is 0 Å². The van der Waals surface area contributed by atoms with E-state index in [1.807, 2.05) is 48.2 Å². The van der Waals surface area contributed by atoms with Gasteiger partial charge in [0.15, 0.2) is 11.9 Å². The summed E-state index contributed by atoms with van der Waals surface area (Å²) >= 11 is 0. The maximum Gasteiger partial charge on any atom is 0.202 e. The zero-order valence-electron chi connectivity index (χ0n) is 20.6. The Hall–Kier alpha value is -3.98. The Morgan fingerprint density at radius 1 is 1.11 bits per heavy atom. The van der Waals surface area contributed by atoms with E-state index in [1.54, 1.807) is 20.5 Å². The Labute approximate surface area is 205 Å². The predicted octanol–water partition coefficient (Wildman–Crippen LogP) is 3.75. The van der Waals surface area contributed by atoms with Gasteiger partial charge in [0.25, 0.3) is 0 Å². The number of nitrogens with one attached hydrogen (secondary N) is 2. The van der Waals surface area contributed by atoms with Crippen molar-refractivity contribution in [1.29, 1.82) is 0 Å². The Morgan fingerprint density at radius 2 is 1.97 bits per heavy atom. The van der Waals surface area contributed by atoms with Crippen molar-refractivity contribution in [2.45, 2.75) is 26.1 Å². The number of ether oxygens (including phenoxy) is 3. The van der Waals surface area contributed by atoms with Crippen LogP contribution < -0.4 is 20.1 Å². The van der Waals surface area contributed by atoms with Crippen molar-refractivity contribution in [3.05, 3.63) is 77.7 Å². The lowest BCUT2D eigenvalue weighted by atomic mass is 9.98. The van der Waals surface area contributed by atoms with Crippen LogP contribution in [0.2, 0.25) is 0 Å². The molecule has 2 aliphatic heterocycles. The number of hydrogen-bond donors (Lipinski definition) is 2. The largest absolute Gasteiger partial charge is 0.497 e. The van der Waals surface area contributed by atoms with E-state index in [1.165, 1.54) is 11.1 Å². The number of aryl methyl sites for hydroxylation is 2. The lowest BCUT2D eigenvalue weighted by Crippen LogP contribution is -2.47. The fourth-order valence-corrected chi connectivity index (χ4v) is 4.45. The van der Waals surface area contributed by atoms with Crippen LogP contribution in [-0.2, 0) is 4.74 Å². The second kappa shape index (κ2) is 9.34. The molecule has 9 heteroatoms. The number of aliphatic imine (C=N–C) groups is 1. The van der Waals surface area contributed by atoms with Crippen LogP contribution in [0.1, 0.15) is 22.9 Å². The smallest absolute Gasteiger partial charge is 0.202 e. The van der Waals surface area contributed by atoms with E-state index in [-0.39, 0.29) is 12.2 Å². The van der Waals surface area contributed by atoms with Gasteiger partial charge in [0.2, 0.25) is 5.96 Å². The van der Waals surface area contributed by atoms with E-state index >= 15 is 0 Å². The van der Waals surface area contributed by atoms with Crippen molar-refractivity contribution in [1.82, 2.24) is 19.8 Å². The number of rotatable bonds is 5. The summed E-state index contributed by atoms with van der Waals surface area (Å²) in [5.41, 5.74) is 5.07. The number of imidazole rings is 1. The Morgan fingerprint density at radius 3 is 2.71 bits per heavy atom. The van der Waals surface area contributed by atoms with E-state index in [0.717, 1.165) is 34.3 Å². The number of nitrogens with zero attached hydrogens (tertiary/aromatic N) is 4. The Kier molecular flexibility index (Phi) is 6.08. The number of anilines is 1. The van der Waals surface area contributed by atoms with Gasteiger partial charge in [-0.3, -0.25) is 4.90 Å². The molecule has 3 aromatic rings. The fourth-order valence-electron chi connectivity index (χ4n) is 4.45. The van der Waals surface area contributed by atoms with Crippen molar-refractivity contribution in [3.8, 4) is 17.2 Å². The molecule has 2 unspecified atom stereocenters. The summed E-state index contributed by atoms with van der Waals surface area (Å²) in [6, 6.07) is 12.1. The molecule has 0 radical (unpaired) electrons. The summed E-state index contributed by atoms with van der Waals surface area (Å²) in [5, 5.41) is 6.57. The monoisotopic (exact) mass is 474 g/mol. The highest BCUT2D eigenvalue weighted by Gasteiger charge is 2.36. The fraction of sp³-hybridized carbons (Fsp3) is 0.308. The highest BCUT2D eigenvalue weighted by atomic mass is 16.5. The first-order chi connectivity index (χ1) is 17.0. The number of guanidine groups is 1. The van der Waals surface area contributed by atoms with Crippen LogP contribution in [-0.4, -0.2) is 54.5 Å². The molecule has 5 rings (SSSR count). The van der Waals surface area contributed by atoms with Gasteiger partial charge in [0.1, 0.15) is 18.1 Å².